The molecule has 4 N–H and O–H groups in total. The van der Waals surface area contributed by atoms with Crippen LogP contribution in [-0.2, 0) is 13.9 Å². The van der Waals surface area contributed by atoms with E-state index in [1.807, 2.05) is 46.3 Å². The van der Waals surface area contributed by atoms with Crippen LogP contribution in [0.25, 0.3) is 0 Å². The summed E-state index contributed by atoms with van der Waals surface area (Å²) in [5.41, 5.74) is 8.47. The quantitative estimate of drug-likeness (QED) is 0.405. The van der Waals surface area contributed by atoms with E-state index in [1.54, 1.807) is 0 Å². The van der Waals surface area contributed by atoms with Gasteiger partial charge in [-0.2, -0.15) is 0 Å². The Morgan fingerprint density at radius 1 is 1.40 bits per heavy atom. The standard InChI is InChI=1S/C16H26N3O5P/c1-11-10-12(7-8-13(11)17)18-9-5-6-14(18)15(19(2,3)4)16(20)24-25(21,22)23/h7-8,10,14-15H,5-6,9,17H2,1-4H3,(H-,21,22,23)/p+1. The molecule has 0 saturated carbocycles. The summed E-state index contributed by atoms with van der Waals surface area (Å²) in [5, 5.41) is 0. The van der Waals surface area contributed by atoms with Crippen LogP contribution < -0.4 is 10.6 Å². The van der Waals surface area contributed by atoms with E-state index in [2.05, 4.69) is 9.42 Å². The average Bonchev–Trinajstić information content (AvgIpc) is 2.87. The van der Waals surface area contributed by atoms with Gasteiger partial charge in [0.05, 0.1) is 27.2 Å². The van der Waals surface area contributed by atoms with Crippen LogP contribution in [0.4, 0.5) is 11.4 Å². The predicted molar refractivity (Wildman–Crippen MR) is 95.9 cm³/mol. The average molecular weight is 372 g/mol. The summed E-state index contributed by atoms with van der Waals surface area (Å²) in [7, 11) is 0.561. The zero-order valence-corrected chi connectivity index (χ0v) is 15.9. The molecule has 1 fully saturated rings. The number of carbonyl (C=O) groups excluding carboxylic acids is 1. The Hall–Kier alpha value is -1.60. The third-order valence-corrected chi connectivity index (χ3v) is 4.95. The molecule has 2 atom stereocenters. The lowest BCUT2D eigenvalue weighted by molar-refractivity contribution is -0.888. The Morgan fingerprint density at radius 3 is 2.56 bits per heavy atom. The molecule has 2 unspecified atom stereocenters. The second-order valence-electron chi connectivity index (χ2n) is 7.41. The first kappa shape index (κ1) is 19.7. The molecule has 8 nitrogen and oxygen atoms in total. The van der Waals surface area contributed by atoms with E-state index in [0.717, 1.165) is 30.6 Å². The highest BCUT2D eigenvalue weighted by Gasteiger charge is 2.47. The number of anilines is 2. The molecule has 2 rings (SSSR count). The zero-order valence-electron chi connectivity index (χ0n) is 15.0. The van der Waals surface area contributed by atoms with Gasteiger partial charge >= 0.3 is 13.8 Å². The molecule has 9 heteroatoms. The smallest absolute Gasteiger partial charge is 0.399 e. The third kappa shape index (κ3) is 4.73. The number of carbonyl (C=O) groups is 1. The van der Waals surface area contributed by atoms with E-state index in [0.29, 0.717) is 5.69 Å². The number of likely N-dealkylation sites (N-methyl/N-ethyl adjacent to an activating group) is 1. The molecule has 1 aliphatic heterocycles. The highest BCUT2D eigenvalue weighted by molar-refractivity contribution is 7.46. The first-order chi connectivity index (χ1) is 11.4. The number of rotatable bonds is 5. The van der Waals surface area contributed by atoms with Crippen LogP contribution in [0.1, 0.15) is 18.4 Å². The number of quaternary nitrogens is 1. The third-order valence-electron chi connectivity index (χ3n) is 4.53. The van der Waals surface area contributed by atoms with E-state index in [9.17, 15) is 9.36 Å². The molecule has 0 aliphatic carbocycles. The molecule has 1 aromatic carbocycles. The normalized spacial score (nSPS) is 19.8. The Balaban J connectivity index is 2.36. The van der Waals surface area contributed by atoms with Crippen LogP contribution in [0.2, 0.25) is 0 Å². The van der Waals surface area contributed by atoms with Crippen molar-refractivity contribution in [2.24, 2.45) is 0 Å². The maximum Gasteiger partial charge on any atom is 0.527 e. The van der Waals surface area contributed by atoms with Gasteiger partial charge in [0.2, 0.25) is 6.04 Å². The molecule has 0 radical (unpaired) electrons. The van der Waals surface area contributed by atoms with Gasteiger partial charge in [-0.05, 0) is 43.5 Å². The highest BCUT2D eigenvalue weighted by atomic mass is 31.2. The molecule has 0 bridgehead atoms. The number of phosphoric acid groups is 1. The van der Waals surface area contributed by atoms with Crippen molar-refractivity contribution in [1.29, 1.82) is 0 Å². The Kier molecular flexibility index (Phi) is 5.49. The number of nitrogens with two attached hydrogens (primary N) is 1. The topological polar surface area (TPSA) is 113 Å². The second kappa shape index (κ2) is 6.96. The molecule has 0 spiro atoms. The van der Waals surface area contributed by atoms with Crippen LogP contribution in [0.5, 0.6) is 0 Å². The summed E-state index contributed by atoms with van der Waals surface area (Å²) in [6.07, 6.45) is 1.62. The van der Waals surface area contributed by atoms with E-state index < -0.39 is 19.8 Å². The molecule has 1 saturated heterocycles. The van der Waals surface area contributed by atoms with Gasteiger partial charge < -0.3 is 19.6 Å². The molecular formula is C16H27N3O5P+. The van der Waals surface area contributed by atoms with E-state index in [-0.39, 0.29) is 10.5 Å². The maximum absolute atomic E-state index is 12.5. The molecule has 0 aromatic heterocycles. The molecule has 1 aromatic rings. The van der Waals surface area contributed by atoms with Gasteiger partial charge in [0.25, 0.3) is 0 Å². The fraction of sp³-hybridized carbons (Fsp3) is 0.562. The molecule has 140 valence electrons. The lowest BCUT2D eigenvalue weighted by Crippen LogP contribution is -2.59. The monoisotopic (exact) mass is 372 g/mol. The van der Waals surface area contributed by atoms with Crippen molar-refractivity contribution in [3.63, 3.8) is 0 Å². The van der Waals surface area contributed by atoms with Crippen molar-refractivity contribution in [3.8, 4) is 0 Å². The molecule has 0 amide bonds. The predicted octanol–water partition coefficient (Wildman–Crippen LogP) is 1.26. The van der Waals surface area contributed by atoms with Gasteiger partial charge in [0.15, 0.2) is 0 Å². The van der Waals surface area contributed by atoms with Gasteiger partial charge in [0, 0.05) is 17.9 Å². The fourth-order valence-corrected chi connectivity index (χ4v) is 3.78. The van der Waals surface area contributed by atoms with Crippen molar-refractivity contribution in [1.82, 2.24) is 0 Å². The number of hydrogen-bond acceptors (Lipinski definition) is 5. The lowest BCUT2D eigenvalue weighted by Gasteiger charge is -2.39. The van der Waals surface area contributed by atoms with Crippen LogP contribution in [-0.4, -0.2) is 60.0 Å². The molecular weight excluding hydrogens is 345 g/mol. The van der Waals surface area contributed by atoms with Gasteiger partial charge in [-0.25, -0.2) is 9.36 Å². The highest BCUT2D eigenvalue weighted by Crippen LogP contribution is 2.39. The molecule has 25 heavy (non-hydrogen) atoms. The number of aryl methyl sites for hydroxylation is 1. The lowest BCUT2D eigenvalue weighted by atomic mass is 10.0. The number of benzene rings is 1. The van der Waals surface area contributed by atoms with Crippen molar-refractivity contribution < 1.29 is 28.2 Å². The number of nitrogens with zero attached hydrogens (tertiary/aromatic N) is 2. The van der Waals surface area contributed by atoms with Crippen LogP contribution in [0, 0.1) is 6.92 Å². The van der Waals surface area contributed by atoms with Gasteiger partial charge in [-0.3, -0.25) is 9.79 Å². The van der Waals surface area contributed by atoms with Crippen LogP contribution in [0.15, 0.2) is 18.2 Å². The summed E-state index contributed by atoms with van der Waals surface area (Å²) >= 11 is 0. The number of phosphoric ester groups is 1. The Bertz CT molecular complexity index is 698. The first-order valence-corrected chi connectivity index (χ1v) is 9.66. The van der Waals surface area contributed by atoms with Crippen LogP contribution >= 0.6 is 7.82 Å². The van der Waals surface area contributed by atoms with E-state index in [4.69, 9.17) is 15.5 Å². The summed E-state index contributed by atoms with van der Waals surface area (Å²) < 4.78 is 15.8. The Morgan fingerprint density at radius 2 is 2.04 bits per heavy atom. The largest absolute Gasteiger partial charge is 0.527 e. The summed E-state index contributed by atoms with van der Waals surface area (Å²) in [6, 6.07) is 4.75. The van der Waals surface area contributed by atoms with Crippen molar-refractivity contribution in [3.05, 3.63) is 23.8 Å². The minimum atomic E-state index is -4.89. The summed E-state index contributed by atoms with van der Waals surface area (Å²) in [5.74, 6) is -0.884. The van der Waals surface area contributed by atoms with E-state index >= 15 is 0 Å². The van der Waals surface area contributed by atoms with Crippen LogP contribution in [0.3, 0.4) is 0 Å². The van der Waals surface area contributed by atoms with Gasteiger partial charge in [-0.15, -0.1) is 0 Å². The number of hydrogen-bond donors (Lipinski definition) is 3. The summed E-state index contributed by atoms with van der Waals surface area (Å²) in [4.78, 5) is 32.7. The molecule has 1 aliphatic rings. The second-order valence-corrected chi connectivity index (χ2v) is 8.57. The van der Waals surface area contributed by atoms with Crippen molar-refractivity contribution >= 4 is 25.2 Å². The Labute approximate surface area is 148 Å². The van der Waals surface area contributed by atoms with Crippen molar-refractivity contribution in [2.45, 2.75) is 31.8 Å². The maximum atomic E-state index is 12.5. The minimum absolute atomic E-state index is 0.202. The fourth-order valence-electron chi connectivity index (χ4n) is 3.44. The summed E-state index contributed by atoms with van der Waals surface area (Å²) in [6.45, 7) is 2.68. The van der Waals surface area contributed by atoms with Gasteiger partial charge in [0.1, 0.15) is 0 Å². The van der Waals surface area contributed by atoms with Gasteiger partial charge in [-0.1, -0.05) is 0 Å². The zero-order chi connectivity index (χ0) is 19.0. The van der Waals surface area contributed by atoms with E-state index in [1.165, 1.54) is 0 Å². The number of nitrogen functional groups attached to an aromatic ring is 1. The SMILES string of the molecule is Cc1cc(N2CCCC2C(C(=O)OP(=O)(O)O)[N+](C)(C)C)ccc1N. The first-order valence-electron chi connectivity index (χ1n) is 8.13. The minimum Gasteiger partial charge on any atom is -0.399 e. The van der Waals surface area contributed by atoms with Crippen molar-refractivity contribution in [2.75, 3.05) is 38.3 Å². The molecule has 1 heterocycles.